The molecule has 0 bridgehead atoms. The monoisotopic (exact) mass is 427 g/mol. The summed E-state index contributed by atoms with van der Waals surface area (Å²) in [4.78, 5) is 2.29. The van der Waals surface area contributed by atoms with E-state index in [0.29, 0.717) is 12.6 Å². The number of nitrogens with zero attached hydrogens (tertiary/aromatic N) is 5. The van der Waals surface area contributed by atoms with E-state index in [1.807, 2.05) is 36.7 Å². The van der Waals surface area contributed by atoms with Crippen molar-refractivity contribution >= 4 is 0 Å². The molecule has 3 fully saturated rings. The number of benzene rings is 1. The van der Waals surface area contributed by atoms with E-state index in [1.54, 1.807) is 0 Å². The molecule has 1 aromatic carbocycles. The zero-order valence-corrected chi connectivity index (χ0v) is 18.6. The van der Waals surface area contributed by atoms with Gasteiger partial charge in [-0.2, -0.15) is 0 Å². The summed E-state index contributed by atoms with van der Waals surface area (Å²) in [5.41, 5.74) is 1.19. The SMILES string of the molecule is C[C@@H](c1ccccc1)N1C[C@H](O)[C@@H]2OC(C)(C)O[C@@H]2[C@H]1c1nnnn1C1CCCCC1. The Morgan fingerprint density at radius 2 is 1.77 bits per heavy atom. The minimum atomic E-state index is -0.760. The number of aliphatic hydroxyl groups excluding tert-OH is 1. The molecule has 2 aromatic rings. The van der Waals surface area contributed by atoms with Gasteiger partial charge in [0.1, 0.15) is 18.2 Å². The highest BCUT2D eigenvalue weighted by Gasteiger charge is 2.56. The highest BCUT2D eigenvalue weighted by molar-refractivity contribution is 5.21. The van der Waals surface area contributed by atoms with Crippen LogP contribution in [0, 0.1) is 0 Å². The number of fused-ring (bicyclic) bond motifs is 1. The van der Waals surface area contributed by atoms with Crippen LogP contribution in [0.25, 0.3) is 0 Å². The van der Waals surface area contributed by atoms with E-state index in [0.717, 1.165) is 18.7 Å². The lowest BCUT2D eigenvalue weighted by Gasteiger charge is -2.45. The molecule has 0 spiro atoms. The van der Waals surface area contributed by atoms with Gasteiger partial charge in [-0.15, -0.1) is 5.10 Å². The third-order valence-electron chi connectivity index (χ3n) is 7.09. The molecule has 2 aliphatic heterocycles. The van der Waals surface area contributed by atoms with Crippen molar-refractivity contribution in [3.8, 4) is 0 Å². The van der Waals surface area contributed by atoms with Crippen LogP contribution in [-0.2, 0) is 9.47 Å². The molecular formula is C23H33N5O3. The molecule has 2 saturated heterocycles. The molecule has 0 amide bonds. The van der Waals surface area contributed by atoms with Gasteiger partial charge in [0.25, 0.3) is 0 Å². The van der Waals surface area contributed by atoms with E-state index in [2.05, 4.69) is 39.5 Å². The van der Waals surface area contributed by atoms with Gasteiger partial charge < -0.3 is 14.6 Å². The van der Waals surface area contributed by atoms with Crippen LogP contribution >= 0.6 is 0 Å². The van der Waals surface area contributed by atoms with Gasteiger partial charge in [-0.3, -0.25) is 4.90 Å². The first-order valence-corrected chi connectivity index (χ1v) is 11.6. The van der Waals surface area contributed by atoms with Crippen LogP contribution in [0.5, 0.6) is 0 Å². The molecule has 168 valence electrons. The Kier molecular flexibility index (Phi) is 5.58. The van der Waals surface area contributed by atoms with Gasteiger partial charge in [-0.05, 0) is 49.6 Å². The predicted octanol–water partition coefficient (Wildman–Crippen LogP) is 3.18. The van der Waals surface area contributed by atoms with Gasteiger partial charge in [0.05, 0.1) is 12.1 Å². The maximum Gasteiger partial charge on any atom is 0.171 e. The number of hydrogen-bond acceptors (Lipinski definition) is 7. The number of rotatable bonds is 4. The van der Waals surface area contributed by atoms with E-state index in [4.69, 9.17) is 9.47 Å². The summed E-state index contributed by atoms with van der Waals surface area (Å²) in [6.45, 7) is 6.46. The van der Waals surface area contributed by atoms with Crippen molar-refractivity contribution in [1.82, 2.24) is 25.1 Å². The third kappa shape index (κ3) is 3.91. The van der Waals surface area contributed by atoms with Gasteiger partial charge in [-0.25, -0.2) is 4.68 Å². The number of piperidine rings is 1. The molecule has 0 radical (unpaired) electrons. The first-order valence-electron chi connectivity index (χ1n) is 11.6. The van der Waals surface area contributed by atoms with Crippen molar-refractivity contribution < 1.29 is 14.6 Å². The van der Waals surface area contributed by atoms with Crippen molar-refractivity contribution in [3.63, 3.8) is 0 Å². The smallest absolute Gasteiger partial charge is 0.171 e. The lowest BCUT2D eigenvalue weighted by molar-refractivity contribution is -0.153. The van der Waals surface area contributed by atoms with Crippen molar-refractivity contribution in [1.29, 1.82) is 0 Å². The third-order valence-corrected chi connectivity index (χ3v) is 7.09. The van der Waals surface area contributed by atoms with Gasteiger partial charge in [-0.1, -0.05) is 49.6 Å². The Bertz CT molecular complexity index is 882. The van der Waals surface area contributed by atoms with Crippen LogP contribution in [0.3, 0.4) is 0 Å². The summed E-state index contributed by atoms with van der Waals surface area (Å²) in [5, 5.41) is 24.0. The molecule has 8 heteroatoms. The van der Waals surface area contributed by atoms with E-state index >= 15 is 0 Å². The molecular weight excluding hydrogens is 394 g/mol. The van der Waals surface area contributed by atoms with Crippen LogP contribution in [0.4, 0.5) is 0 Å². The van der Waals surface area contributed by atoms with Crippen LogP contribution in [0.2, 0.25) is 0 Å². The fraction of sp³-hybridized carbons (Fsp3) is 0.696. The first-order chi connectivity index (χ1) is 14.9. The summed E-state index contributed by atoms with van der Waals surface area (Å²) in [6.07, 6.45) is 4.47. The maximum atomic E-state index is 11.0. The number of tetrazole rings is 1. The molecule has 1 aromatic heterocycles. The standard InChI is InChI=1S/C23H33N5O3/c1-15(16-10-6-4-7-11-16)27-14-18(29)20-21(31-23(2,3)30-20)19(27)22-24-25-26-28(22)17-12-8-5-9-13-17/h4,6-7,10-11,15,17-21,29H,5,8-9,12-14H2,1-3H3/t15-,18-,19-,20-,21+/m0/s1. The molecule has 1 aliphatic carbocycles. The molecule has 1 saturated carbocycles. The fourth-order valence-electron chi connectivity index (χ4n) is 5.58. The molecule has 5 rings (SSSR count). The number of likely N-dealkylation sites (tertiary alicyclic amines) is 1. The van der Waals surface area contributed by atoms with E-state index in [9.17, 15) is 5.11 Å². The van der Waals surface area contributed by atoms with Gasteiger partial charge in [0.2, 0.25) is 0 Å². The number of aromatic nitrogens is 4. The van der Waals surface area contributed by atoms with Crippen LogP contribution in [0.1, 0.15) is 82.4 Å². The van der Waals surface area contributed by atoms with Gasteiger partial charge in [0.15, 0.2) is 11.6 Å². The normalized spacial score (nSPS) is 32.6. The zero-order valence-electron chi connectivity index (χ0n) is 18.6. The van der Waals surface area contributed by atoms with Crippen molar-refractivity contribution in [2.45, 2.75) is 95.1 Å². The summed E-state index contributed by atoms with van der Waals surface area (Å²) in [5.74, 6) is 0.0572. The van der Waals surface area contributed by atoms with E-state index in [-0.39, 0.29) is 18.2 Å². The Morgan fingerprint density at radius 3 is 2.52 bits per heavy atom. The first kappa shape index (κ1) is 21.0. The van der Waals surface area contributed by atoms with Crippen molar-refractivity contribution in [3.05, 3.63) is 41.7 Å². The fourth-order valence-corrected chi connectivity index (χ4v) is 5.58. The van der Waals surface area contributed by atoms with Crippen molar-refractivity contribution in [2.75, 3.05) is 6.54 Å². The van der Waals surface area contributed by atoms with Crippen LogP contribution in [0.15, 0.2) is 30.3 Å². The second-order valence-electron chi connectivity index (χ2n) is 9.63. The molecule has 0 unspecified atom stereocenters. The van der Waals surface area contributed by atoms with E-state index < -0.39 is 18.0 Å². The average molecular weight is 428 g/mol. The van der Waals surface area contributed by atoms with Crippen LogP contribution < -0.4 is 0 Å². The average Bonchev–Trinajstić information content (AvgIpc) is 3.38. The largest absolute Gasteiger partial charge is 0.389 e. The van der Waals surface area contributed by atoms with Gasteiger partial charge >= 0.3 is 0 Å². The molecule has 31 heavy (non-hydrogen) atoms. The summed E-state index contributed by atoms with van der Waals surface area (Å²) >= 11 is 0. The minimum absolute atomic E-state index is 0.0608. The summed E-state index contributed by atoms with van der Waals surface area (Å²) in [6, 6.07) is 10.5. The molecule has 1 N–H and O–H groups in total. The summed E-state index contributed by atoms with van der Waals surface area (Å²) < 4.78 is 14.5. The number of β-amino-alcohol motifs (C(OH)–C–C–N with tert-alkyl or cyclic N) is 1. The summed E-state index contributed by atoms with van der Waals surface area (Å²) in [7, 11) is 0. The number of ether oxygens (including phenoxy) is 2. The Morgan fingerprint density at radius 1 is 1.06 bits per heavy atom. The highest BCUT2D eigenvalue weighted by Crippen LogP contribution is 2.46. The zero-order chi connectivity index (χ0) is 21.6. The quantitative estimate of drug-likeness (QED) is 0.802. The molecule has 3 aliphatic rings. The Hall–Kier alpha value is -1.87. The predicted molar refractivity (Wildman–Crippen MR) is 114 cm³/mol. The number of hydrogen-bond donors (Lipinski definition) is 1. The Labute approximate surface area is 183 Å². The van der Waals surface area contributed by atoms with Gasteiger partial charge in [0, 0.05) is 12.6 Å². The second-order valence-corrected chi connectivity index (χ2v) is 9.63. The molecule has 5 atom stereocenters. The van der Waals surface area contributed by atoms with Crippen molar-refractivity contribution in [2.24, 2.45) is 0 Å². The lowest BCUT2D eigenvalue weighted by atomic mass is 9.89. The molecule has 8 nitrogen and oxygen atoms in total. The lowest BCUT2D eigenvalue weighted by Crippen LogP contribution is -2.56. The maximum absolute atomic E-state index is 11.0. The van der Waals surface area contributed by atoms with Crippen LogP contribution in [-0.4, -0.2) is 60.9 Å². The Balaban J connectivity index is 1.55. The minimum Gasteiger partial charge on any atom is -0.389 e. The van der Waals surface area contributed by atoms with E-state index in [1.165, 1.54) is 24.8 Å². The second kappa shape index (κ2) is 8.24. The molecule has 3 heterocycles. The number of aliphatic hydroxyl groups is 1. The highest BCUT2D eigenvalue weighted by atomic mass is 16.8. The topological polar surface area (TPSA) is 85.5 Å².